The van der Waals surface area contributed by atoms with Crippen molar-refractivity contribution in [3.63, 3.8) is 0 Å². The summed E-state index contributed by atoms with van der Waals surface area (Å²) in [7, 11) is 1.76. The van der Waals surface area contributed by atoms with Gasteiger partial charge in [-0.25, -0.2) is 14.5 Å². The first-order valence-electron chi connectivity index (χ1n) is 14.4. The number of pyridine rings is 1. The van der Waals surface area contributed by atoms with Crippen molar-refractivity contribution in [2.45, 2.75) is 76.3 Å². The van der Waals surface area contributed by atoms with Gasteiger partial charge in [0.15, 0.2) is 0 Å². The molecule has 1 aromatic carbocycles. The highest BCUT2D eigenvalue weighted by Crippen LogP contribution is 2.41. The lowest BCUT2D eigenvalue weighted by Gasteiger charge is -2.18. The van der Waals surface area contributed by atoms with Crippen LogP contribution < -0.4 is 21.5 Å². The minimum absolute atomic E-state index is 0.0323. The summed E-state index contributed by atoms with van der Waals surface area (Å²) >= 11 is 0. The fraction of sp³-hybridized carbons (Fsp3) is 0.419. The fourth-order valence-electron chi connectivity index (χ4n) is 5.79. The van der Waals surface area contributed by atoms with Crippen LogP contribution in [0.5, 0.6) is 0 Å². The van der Waals surface area contributed by atoms with Gasteiger partial charge in [-0.05, 0) is 43.5 Å². The van der Waals surface area contributed by atoms with Crippen molar-refractivity contribution >= 4 is 28.8 Å². The molecule has 11 heteroatoms. The van der Waals surface area contributed by atoms with E-state index < -0.39 is 0 Å². The molecule has 3 aromatic heterocycles. The van der Waals surface area contributed by atoms with Gasteiger partial charge in [0.1, 0.15) is 11.5 Å². The average molecular weight is 566 g/mol. The summed E-state index contributed by atoms with van der Waals surface area (Å²) in [5.41, 5.74) is 3.04. The van der Waals surface area contributed by atoms with E-state index >= 15 is 0 Å². The van der Waals surface area contributed by atoms with Crippen molar-refractivity contribution < 1.29 is 4.79 Å². The molecule has 2 unspecified atom stereocenters. The number of amides is 2. The molecule has 0 spiro atoms. The molecule has 4 aromatic rings. The van der Waals surface area contributed by atoms with Gasteiger partial charge in [0.25, 0.3) is 5.56 Å². The number of aromatic nitrogens is 5. The second kappa shape index (κ2) is 10.6. The summed E-state index contributed by atoms with van der Waals surface area (Å²) in [6.07, 6.45) is 6.52. The summed E-state index contributed by atoms with van der Waals surface area (Å²) < 4.78 is 3.51. The van der Waals surface area contributed by atoms with Crippen LogP contribution in [-0.4, -0.2) is 43.4 Å². The second-order valence-corrected chi connectivity index (χ2v) is 12.2. The third-order valence-electron chi connectivity index (χ3n) is 8.16. The van der Waals surface area contributed by atoms with Crippen LogP contribution in [0, 0.1) is 11.3 Å². The first kappa shape index (κ1) is 27.4. The molecule has 2 fully saturated rings. The zero-order valence-corrected chi connectivity index (χ0v) is 24.3. The Morgan fingerprint density at radius 2 is 1.93 bits per heavy atom. The van der Waals surface area contributed by atoms with Crippen molar-refractivity contribution in [3.8, 4) is 11.8 Å². The number of nitrogens with one attached hydrogen (secondary N) is 3. The molecule has 0 radical (unpaired) electrons. The molecule has 2 aliphatic carbocycles. The summed E-state index contributed by atoms with van der Waals surface area (Å²) in [6.45, 7) is 6.16. The molecule has 216 valence electrons. The molecule has 6 rings (SSSR count). The Balaban J connectivity index is 1.25. The van der Waals surface area contributed by atoms with Crippen LogP contribution in [0.1, 0.15) is 81.7 Å². The molecule has 11 nitrogen and oxygen atoms in total. The minimum atomic E-state index is -0.376. The summed E-state index contributed by atoms with van der Waals surface area (Å²) in [4.78, 5) is 36.1. The summed E-state index contributed by atoms with van der Waals surface area (Å²) in [6, 6.07) is 12.6. The van der Waals surface area contributed by atoms with Gasteiger partial charge < -0.3 is 10.6 Å². The maximum Gasteiger partial charge on any atom is 0.320 e. The smallest absolute Gasteiger partial charge is 0.320 e. The highest BCUT2D eigenvalue weighted by Gasteiger charge is 2.42. The van der Waals surface area contributed by atoms with Gasteiger partial charge in [-0.2, -0.15) is 15.3 Å². The minimum Gasteiger partial charge on any atom is -0.357 e. The molecule has 3 N–H and O–H groups in total. The predicted octanol–water partition coefficient (Wildman–Crippen LogP) is 4.98. The number of nitriles is 1. The first-order valence-corrected chi connectivity index (χ1v) is 14.4. The molecule has 0 aliphatic heterocycles. The molecule has 2 atom stereocenters. The van der Waals surface area contributed by atoms with E-state index in [-0.39, 0.29) is 35.0 Å². The molecule has 2 amide bonds. The fourth-order valence-corrected chi connectivity index (χ4v) is 5.79. The van der Waals surface area contributed by atoms with Gasteiger partial charge in [0.2, 0.25) is 5.95 Å². The summed E-state index contributed by atoms with van der Waals surface area (Å²) in [5, 5.41) is 23.9. The van der Waals surface area contributed by atoms with E-state index in [1.807, 2.05) is 22.8 Å². The van der Waals surface area contributed by atoms with Crippen LogP contribution in [-0.2, 0) is 5.41 Å². The molecule has 2 aliphatic rings. The van der Waals surface area contributed by atoms with Crippen molar-refractivity contribution in [1.29, 1.82) is 5.26 Å². The van der Waals surface area contributed by atoms with Crippen molar-refractivity contribution in [1.82, 2.24) is 29.6 Å². The zero-order valence-electron chi connectivity index (χ0n) is 24.3. The molecule has 0 bridgehead atoms. The number of hydrogen-bond acceptors (Lipinski definition) is 7. The second-order valence-electron chi connectivity index (χ2n) is 12.2. The molecular formula is C31H35N9O2. The largest absolute Gasteiger partial charge is 0.357 e. The molecule has 3 heterocycles. The number of benzene rings is 1. The Bertz CT molecular complexity index is 1770. The van der Waals surface area contributed by atoms with E-state index in [0.29, 0.717) is 40.6 Å². The van der Waals surface area contributed by atoms with Crippen molar-refractivity contribution in [3.05, 3.63) is 69.8 Å². The van der Waals surface area contributed by atoms with Crippen LogP contribution >= 0.6 is 0 Å². The number of rotatable bonds is 6. The Morgan fingerprint density at radius 1 is 1.14 bits per heavy atom. The quantitative estimate of drug-likeness (QED) is 0.299. The number of urea groups is 1. The number of fused-ring (bicyclic) bond motifs is 1. The molecule has 42 heavy (non-hydrogen) atoms. The van der Waals surface area contributed by atoms with E-state index in [2.05, 4.69) is 52.8 Å². The Morgan fingerprint density at radius 3 is 2.64 bits per heavy atom. The van der Waals surface area contributed by atoms with Crippen LogP contribution in [0.15, 0.2) is 47.4 Å². The lowest BCUT2D eigenvalue weighted by molar-refractivity contribution is 0.251. The predicted molar refractivity (Wildman–Crippen MR) is 161 cm³/mol. The van der Waals surface area contributed by atoms with Gasteiger partial charge in [-0.15, -0.1) is 0 Å². The van der Waals surface area contributed by atoms with E-state index in [4.69, 9.17) is 5.10 Å². The normalized spacial score (nSPS) is 18.5. The third-order valence-corrected chi connectivity index (χ3v) is 8.16. The standard InChI is InChI=1S/C31H35N9O2/c1-31(2,3)25-15-26(40(38-25)21-11-7-8-18(12-21)16-32)36-30(42)35-24-14-22(24)23-13-19-17-34-29(33-4)37-27(19)39(28(23)41)20-9-5-6-10-20/h7-8,11-13,15,17,20,22,24H,5-6,9-10,14H2,1-4H3,(H,33,34,37)(H2,35,36,42). The van der Waals surface area contributed by atoms with Gasteiger partial charge in [0.05, 0.1) is 23.0 Å². The SMILES string of the molecule is CNc1ncc2cc(C3CC3NC(=O)Nc3cc(C(C)(C)C)nn3-c3cccc(C#N)c3)c(=O)n(C3CCCC3)c2n1. The van der Waals surface area contributed by atoms with E-state index in [1.54, 1.807) is 36.1 Å². The number of hydrogen-bond donors (Lipinski definition) is 3. The number of nitrogens with zero attached hydrogens (tertiary/aromatic N) is 6. The van der Waals surface area contributed by atoms with Gasteiger partial charge in [0, 0.05) is 53.7 Å². The van der Waals surface area contributed by atoms with Crippen LogP contribution in [0.25, 0.3) is 16.7 Å². The number of carbonyl (C=O) groups excluding carboxylic acids is 1. The van der Waals surface area contributed by atoms with Crippen molar-refractivity contribution in [2.24, 2.45) is 0 Å². The maximum absolute atomic E-state index is 13.8. The van der Waals surface area contributed by atoms with Gasteiger partial charge in [-0.1, -0.05) is 39.7 Å². The lowest BCUT2D eigenvalue weighted by Crippen LogP contribution is -2.33. The molecular weight excluding hydrogens is 530 g/mol. The van der Waals surface area contributed by atoms with E-state index in [0.717, 1.165) is 36.8 Å². The van der Waals surface area contributed by atoms with E-state index in [1.165, 1.54) is 0 Å². The third kappa shape index (κ3) is 5.20. The average Bonchev–Trinajstić information content (AvgIpc) is 3.32. The molecule has 0 saturated heterocycles. The van der Waals surface area contributed by atoms with E-state index in [9.17, 15) is 14.9 Å². The first-order chi connectivity index (χ1) is 20.2. The lowest BCUT2D eigenvalue weighted by atomic mass is 9.92. The monoisotopic (exact) mass is 565 g/mol. The summed E-state index contributed by atoms with van der Waals surface area (Å²) in [5.74, 6) is 0.889. The number of carbonyl (C=O) groups is 1. The topological polar surface area (TPSA) is 143 Å². The highest BCUT2D eigenvalue weighted by molar-refractivity contribution is 5.89. The zero-order chi connectivity index (χ0) is 29.6. The Hall–Kier alpha value is -4.72. The highest BCUT2D eigenvalue weighted by atomic mass is 16.2. The maximum atomic E-state index is 13.8. The van der Waals surface area contributed by atoms with Crippen LogP contribution in [0.2, 0.25) is 0 Å². The Kier molecular flexibility index (Phi) is 6.93. The van der Waals surface area contributed by atoms with Crippen LogP contribution in [0.3, 0.4) is 0 Å². The van der Waals surface area contributed by atoms with Crippen LogP contribution in [0.4, 0.5) is 16.6 Å². The van der Waals surface area contributed by atoms with Crippen molar-refractivity contribution in [2.75, 3.05) is 17.7 Å². The van der Waals surface area contributed by atoms with Gasteiger partial charge in [-0.3, -0.25) is 14.7 Å². The Labute approximate surface area is 244 Å². The molecule has 2 saturated carbocycles. The number of anilines is 2. The van der Waals surface area contributed by atoms with Gasteiger partial charge >= 0.3 is 6.03 Å².